The van der Waals surface area contributed by atoms with Crippen molar-refractivity contribution in [2.24, 2.45) is 0 Å². The van der Waals surface area contributed by atoms with Crippen LogP contribution < -0.4 is 0 Å². The van der Waals surface area contributed by atoms with E-state index < -0.39 is 0 Å². The van der Waals surface area contributed by atoms with Crippen LogP contribution in [0.2, 0.25) is 0 Å². The molecule has 0 radical (unpaired) electrons. The number of cyclic esters (lactones) is 1. The van der Waals surface area contributed by atoms with E-state index in [0.29, 0.717) is 6.61 Å². The highest BCUT2D eigenvalue weighted by Gasteiger charge is 2.18. The quantitative estimate of drug-likeness (QED) is 0.432. The minimum atomic E-state index is -0.120. The SMILES string of the molecule is C=CCCCCCCCCCN1CCCOC1=O. The molecule has 1 rings (SSSR count). The molecule has 3 nitrogen and oxygen atoms in total. The lowest BCUT2D eigenvalue weighted by molar-refractivity contribution is 0.0722. The minimum absolute atomic E-state index is 0.120. The van der Waals surface area contributed by atoms with Crippen molar-refractivity contribution in [3.63, 3.8) is 0 Å². The van der Waals surface area contributed by atoms with Crippen molar-refractivity contribution < 1.29 is 9.53 Å². The fraction of sp³-hybridized carbons (Fsp3) is 0.800. The van der Waals surface area contributed by atoms with Gasteiger partial charge in [0.2, 0.25) is 0 Å². The Kier molecular flexibility index (Phi) is 8.36. The Labute approximate surface area is 111 Å². The molecule has 104 valence electrons. The number of nitrogens with zero attached hydrogens (tertiary/aromatic N) is 1. The van der Waals surface area contributed by atoms with Crippen LogP contribution in [0, 0.1) is 0 Å². The monoisotopic (exact) mass is 253 g/mol. The summed E-state index contributed by atoms with van der Waals surface area (Å²) in [5, 5.41) is 0. The number of hydrogen-bond acceptors (Lipinski definition) is 2. The van der Waals surface area contributed by atoms with Gasteiger partial charge in [-0.05, 0) is 25.7 Å². The fourth-order valence-corrected chi connectivity index (χ4v) is 2.28. The zero-order chi connectivity index (χ0) is 13.1. The standard InChI is InChI=1S/C15H27NO2/c1-2-3-4-5-6-7-8-9-10-12-16-13-11-14-18-15(16)17/h2H,1,3-14H2. The van der Waals surface area contributed by atoms with Crippen LogP contribution >= 0.6 is 0 Å². The van der Waals surface area contributed by atoms with Crippen LogP contribution in [0.4, 0.5) is 4.79 Å². The maximum atomic E-state index is 11.4. The van der Waals surface area contributed by atoms with Gasteiger partial charge in [0.15, 0.2) is 0 Å². The smallest absolute Gasteiger partial charge is 0.409 e. The zero-order valence-electron chi connectivity index (χ0n) is 11.5. The van der Waals surface area contributed by atoms with Crippen LogP contribution in [0.1, 0.15) is 57.8 Å². The molecule has 1 saturated heterocycles. The Hall–Kier alpha value is -0.990. The van der Waals surface area contributed by atoms with Gasteiger partial charge in [-0.15, -0.1) is 6.58 Å². The highest BCUT2D eigenvalue weighted by molar-refractivity contribution is 5.68. The third-order valence-corrected chi connectivity index (χ3v) is 3.39. The van der Waals surface area contributed by atoms with Crippen LogP contribution in [0.15, 0.2) is 12.7 Å². The molecule has 0 atom stereocenters. The van der Waals surface area contributed by atoms with Crippen molar-refractivity contribution in [2.75, 3.05) is 19.7 Å². The number of ether oxygens (including phenoxy) is 1. The molecule has 0 bridgehead atoms. The summed E-state index contributed by atoms with van der Waals surface area (Å²) in [7, 11) is 0. The average Bonchev–Trinajstić information content (AvgIpc) is 2.39. The number of amides is 1. The van der Waals surface area contributed by atoms with Crippen LogP contribution in [0.25, 0.3) is 0 Å². The van der Waals surface area contributed by atoms with E-state index in [1.165, 1.54) is 38.5 Å². The van der Waals surface area contributed by atoms with E-state index in [1.54, 1.807) is 0 Å². The number of hydrogen-bond donors (Lipinski definition) is 0. The van der Waals surface area contributed by atoms with E-state index in [4.69, 9.17) is 4.74 Å². The second-order valence-corrected chi connectivity index (χ2v) is 5.01. The van der Waals surface area contributed by atoms with Crippen LogP contribution in [0.5, 0.6) is 0 Å². The highest BCUT2D eigenvalue weighted by Crippen LogP contribution is 2.11. The lowest BCUT2D eigenvalue weighted by atomic mass is 10.1. The van der Waals surface area contributed by atoms with Crippen molar-refractivity contribution in [3.05, 3.63) is 12.7 Å². The first kappa shape index (κ1) is 15.1. The summed E-state index contributed by atoms with van der Waals surface area (Å²) < 4.78 is 5.00. The highest BCUT2D eigenvalue weighted by atomic mass is 16.6. The van der Waals surface area contributed by atoms with Crippen molar-refractivity contribution >= 4 is 6.09 Å². The summed E-state index contributed by atoms with van der Waals surface area (Å²) in [4.78, 5) is 13.2. The third kappa shape index (κ3) is 6.67. The molecule has 1 amide bonds. The second-order valence-electron chi connectivity index (χ2n) is 5.01. The number of unbranched alkanes of at least 4 members (excludes halogenated alkanes) is 7. The Morgan fingerprint density at radius 2 is 1.78 bits per heavy atom. The molecule has 0 aromatic rings. The van der Waals surface area contributed by atoms with Gasteiger partial charge in [-0.25, -0.2) is 4.79 Å². The maximum absolute atomic E-state index is 11.4. The summed E-state index contributed by atoms with van der Waals surface area (Å²) in [6.45, 7) is 6.07. The molecule has 0 N–H and O–H groups in total. The molecule has 0 aliphatic carbocycles. The summed E-state index contributed by atoms with van der Waals surface area (Å²) in [5.74, 6) is 0. The Balaban J connectivity index is 1.86. The molecule has 0 spiro atoms. The van der Waals surface area contributed by atoms with Crippen LogP contribution in [0.3, 0.4) is 0 Å². The van der Waals surface area contributed by atoms with E-state index >= 15 is 0 Å². The molecule has 1 fully saturated rings. The zero-order valence-corrected chi connectivity index (χ0v) is 11.5. The van der Waals surface area contributed by atoms with Gasteiger partial charge in [-0.2, -0.15) is 0 Å². The molecule has 1 heterocycles. The predicted octanol–water partition coefficient (Wildman–Crippen LogP) is 4.14. The van der Waals surface area contributed by atoms with E-state index in [1.807, 2.05) is 11.0 Å². The van der Waals surface area contributed by atoms with Gasteiger partial charge in [0, 0.05) is 13.1 Å². The molecular weight excluding hydrogens is 226 g/mol. The number of carbonyl (C=O) groups is 1. The first-order valence-electron chi connectivity index (χ1n) is 7.37. The first-order chi connectivity index (χ1) is 8.84. The Bertz CT molecular complexity index is 241. The molecule has 3 heteroatoms. The molecular formula is C15H27NO2. The third-order valence-electron chi connectivity index (χ3n) is 3.39. The molecule has 1 aliphatic rings. The van der Waals surface area contributed by atoms with Gasteiger partial charge in [-0.1, -0.05) is 38.2 Å². The van der Waals surface area contributed by atoms with E-state index in [9.17, 15) is 4.79 Å². The van der Waals surface area contributed by atoms with Crippen molar-refractivity contribution in [1.82, 2.24) is 4.90 Å². The summed E-state index contributed by atoms with van der Waals surface area (Å²) in [5.41, 5.74) is 0. The molecule has 0 aromatic heterocycles. The van der Waals surface area contributed by atoms with Gasteiger partial charge in [-0.3, -0.25) is 0 Å². The predicted molar refractivity (Wildman–Crippen MR) is 74.7 cm³/mol. The topological polar surface area (TPSA) is 29.5 Å². The minimum Gasteiger partial charge on any atom is -0.449 e. The summed E-state index contributed by atoms with van der Waals surface area (Å²) in [6, 6.07) is 0. The van der Waals surface area contributed by atoms with Crippen LogP contribution in [-0.2, 0) is 4.74 Å². The normalized spacial score (nSPS) is 15.6. The largest absolute Gasteiger partial charge is 0.449 e. The number of rotatable bonds is 10. The summed E-state index contributed by atoms with van der Waals surface area (Å²) in [6.07, 6.45) is 12.9. The molecule has 0 saturated carbocycles. The van der Waals surface area contributed by atoms with Crippen molar-refractivity contribution in [3.8, 4) is 0 Å². The van der Waals surface area contributed by atoms with Gasteiger partial charge in [0.25, 0.3) is 0 Å². The lowest BCUT2D eigenvalue weighted by Gasteiger charge is -2.26. The van der Waals surface area contributed by atoms with Gasteiger partial charge in [0.1, 0.15) is 0 Å². The maximum Gasteiger partial charge on any atom is 0.409 e. The summed E-state index contributed by atoms with van der Waals surface area (Å²) >= 11 is 0. The van der Waals surface area contributed by atoms with E-state index in [-0.39, 0.29) is 6.09 Å². The second kappa shape index (κ2) is 9.98. The van der Waals surface area contributed by atoms with Crippen molar-refractivity contribution in [1.29, 1.82) is 0 Å². The molecule has 0 unspecified atom stereocenters. The molecule has 0 aromatic carbocycles. The Morgan fingerprint density at radius 3 is 2.44 bits per heavy atom. The van der Waals surface area contributed by atoms with Gasteiger partial charge in [0.05, 0.1) is 6.61 Å². The first-order valence-corrected chi connectivity index (χ1v) is 7.37. The van der Waals surface area contributed by atoms with E-state index in [0.717, 1.165) is 32.4 Å². The Morgan fingerprint density at radius 1 is 1.11 bits per heavy atom. The van der Waals surface area contributed by atoms with Gasteiger partial charge >= 0.3 is 6.09 Å². The molecule has 18 heavy (non-hydrogen) atoms. The lowest BCUT2D eigenvalue weighted by Crippen LogP contribution is -2.38. The number of allylic oxidation sites excluding steroid dienone is 1. The van der Waals surface area contributed by atoms with Gasteiger partial charge < -0.3 is 9.64 Å². The fourth-order valence-electron chi connectivity index (χ4n) is 2.28. The van der Waals surface area contributed by atoms with Crippen LogP contribution in [-0.4, -0.2) is 30.7 Å². The number of carbonyl (C=O) groups excluding carboxylic acids is 1. The van der Waals surface area contributed by atoms with Crippen molar-refractivity contribution in [2.45, 2.75) is 57.8 Å². The van der Waals surface area contributed by atoms with E-state index in [2.05, 4.69) is 6.58 Å². The average molecular weight is 253 g/mol. The molecule has 1 aliphatic heterocycles.